The molecule has 0 aromatic heterocycles. The Bertz CT molecular complexity index is 1320. The summed E-state index contributed by atoms with van der Waals surface area (Å²) in [6, 6.07) is 23.8. The standard InChI is InChI=1S/C27H25NO2/c29-23-11-4-12-24(30)27(23)28-15-17-13-14-22-20-9-2-6-16-5-1-8-19(25(16)20)21-10-3-7-18(17)26(21)22/h1-3,5-10,13-14,23-24,27-30H,4,11-12,15H2/t23-,24+,27?. The minimum atomic E-state index is -0.488. The number of aliphatic hydroxyl groups excluding tert-OH is 2. The topological polar surface area (TPSA) is 52.5 Å². The number of hydrogen-bond acceptors (Lipinski definition) is 3. The van der Waals surface area contributed by atoms with E-state index in [0.717, 1.165) is 19.3 Å². The van der Waals surface area contributed by atoms with Crippen LogP contribution in [-0.2, 0) is 6.54 Å². The van der Waals surface area contributed by atoms with Crippen LogP contribution in [0.4, 0.5) is 0 Å². The van der Waals surface area contributed by atoms with Crippen LogP contribution in [0, 0.1) is 0 Å². The van der Waals surface area contributed by atoms with Crippen LogP contribution < -0.4 is 5.32 Å². The van der Waals surface area contributed by atoms with Gasteiger partial charge in [0.25, 0.3) is 0 Å². The summed E-state index contributed by atoms with van der Waals surface area (Å²) in [5.41, 5.74) is 1.20. The Morgan fingerprint density at radius 1 is 0.667 bits per heavy atom. The molecule has 0 saturated heterocycles. The molecule has 3 nitrogen and oxygen atoms in total. The second-order valence-corrected chi connectivity index (χ2v) is 8.68. The van der Waals surface area contributed by atoms with Crippen molar-refractivity contribution in [2.45, 2.75) is 44.1 Å². The molecule has 30 heavy (non-hydrogen) atoms. The molecule has 0 heterocycles. The highest BCUT2D eigenvalue weighted by Crippen LogP contribution is 2.40. The Labute approximate surface area is 175 Å². The molecule has 3 atom stereocenters. The Morgan fingerprint density at radius 3 is 1.93 bits per heavy atom. The van der Waals surface area contributed by atoms with Gasteiger partial charge >= 0.3 is 0 Å². The van der Waals surface area contributed by atoms with Gasteiger partial charge in [0.15, 0.2) is 0 Å². The van der Waals surface area contributed by atoms with Crippen molar-refractivity contribution in [3.63, 3.8) is 0 Å². The Hall–Kier alpha value is -2.72. The van der Waals surface area contributed by atoms with E-state index in [1.165, 1.54) is 48.7 Å². The first-order valence-electron chi connectivity index (χ1n) is 10.9. The Balaban J connectivity index is 1.53. The summed E-state index contributed by atoms with van der Waals surface area (Å²) in [4.78, 5) is 0. The fourth-order valence-electron chi connectivity index (χ4n) is 5.51. The molecule has 1 aliphatic carbocycles. The fraction of sp³-hybridized carbons (Fsp3) is 0.259. The van der Waals surface area contributed by atoms with E-state index < -0.39 is 12.2 Å². The van der Waals surface area contributed by atoms with Crippen LogP contribution in [-0.4, -0.2) is 28.5 Å². The van der Waals surface area contributed by atoms with Crippen LogP contribution in [0.25, 0.3) is 43.1 Å². The van der Waals surface area contributed by atoms with E-state index >= 15 is 0 Å². The first-order valence-corrected chi connectivity index (χ1v) is 10.9. The van der Waals surface area contributed by atoms with Crippen LogP contribution >= 0.6 is 0 Å². The summed E-state index contributed by atoms with van der Waals surface area (Å²) in [5, 5.41) is 34.4. The SMILES string of the molecule is O[C@@H]1CCC[C@H](O)C1NCc1ccc2c3cccc4cccc(c5cccc1c52)c43. The van der Waals surface area contributed by atoms with Gasteiger partial charge in [-0.3, -0.25) is 0 Å². The minimum Gasteiger partial charge on any atom is -0.391 e. The Morgan fingerprint density at radius 2 is 1.23 bits per heavy atom. The van der Waals surface area contributed by atoms with E-state index in [0.29, 0.717) is 6.54 Å². The average Bonchev–Trinajstić information content (AvgIpc) is 2.77. The molecule has 0 radical (unpaired) electrons. The van der Waals surface area contributed by atoms with Crippen molar-refractivity contribution in [2.24, 2.45) is 0 Å². The van der Waals surface area contributed by atoms with Gasteiger partial charge in [-0.15, -0.1) is 0 Å². The number of aliphatic hydroxyl groups is 2. The summed E-state index contributed by atoms with van der Waals surface area (Å²) < 4.78 is 0. The van der Waals surface area contributed by atoms with Crippen molar-refractivity contribution in [3.8, 4) is 0 Å². The number of hydrogen-bond donors (Lipinski definition) is 3. The third-order valence-electron chi connectivity index (χ3n) is 6.97. The van der Waals surface area contributed by atoms with E-state index in [4.69, 9.17) is 0 Å². The zero-order chi connectivity index (χ0) is 20.2. The molecule has 6 rings (SSSR count). The molecule has 3 heteroatoms. The number of rotatable bonds is 3. The summed E-state index contributed by atoms with van der Waals surface area (Å²) in [6.45, 7) is 0.630. The fourth-order valence-corrected chi connectivity index (χ4v) is 5.51. The van der Waals surface area contributed by atoms with Crippen molar-refractivity contribution >= 4 is 43.1 Å². The molecule has 5 aromatic carbocycles. The van der Waals surface area contributed by atoms with Crippen molar-refractivity contribution in [1.29, 1.82) is 0 Å². The lowest BCUT2D eigenvalue weighted by Crippen LogP contribution is -2.50. The van der Waals surface area contributed by atoms with E-state index in [-0.39, 0.29) is 6.04 Å². The predicted molar refractivity (Wildman–Crippen MR) is 124 cm³/mol. The zero-order valence-corrected chi connectivity index (χ0v) is 16.8. The lowest BCUT2D eigenvalue weighted by Gasteiger charge is -2.33. The normalized spacial score (nSPS) is 22.5. The van der Waals surface area contributed by atoms with Gasteiger partial charge < -0.3 is 15.5 Å². The minimum absolute atomic E-state index is 0.265. The lowest BCUT2D eigenvalue weighted by molar-refractivity contribution is 0.000913. The largest absolute Gasteiger partial charge is 0.391 e. The molecule has 3 N–H and O–H groups in total. The van der Waals surface area contributed by atoms with E-state index in [9.17, 15) is 10.2 Å². The van der Waals surface area contributed by atoms with Gasteiger partial charge in [-0.2, -0.15) is 0 Å². The molecular formula is C27H25NO2. The third-order valence-corrected chi connectivity index (χ3v) is 6.97. The van der Waals surface area contributed by atoms with Crippen LogP contribution in [0.3, 0.4) is 0 Å². The summed E-state index contributed by atoms with van der Waals surface area (Å²) in [7, 11) is 0. The zero-order valence-electron chi connectivity index (χ0n) is 16.8. The van der Waals surface area contributed by atoms with Gasteiger partial charge in [-0.05, 0) is 67.9 Å². The summed E-state index contributed by atoms with van der Waals surface area (Å²) >= 11 is 0. The number of fused-ring (bicyclic) bond motifs is 2. The molecular weight excluding hydrogens is 370 g/mol. The number of benzene rings is 5. The van der Waals surface area contributed by atoms with Crippen molar-refractivity contribution in [3.05, 3.63) is 72.3 Å². The molecule has 0 spiro atoms. The van der Waals surface area contributed by atoms with Crippen LogP contribution in [0.2, 0.25) is 0 Å². The van der Waals surface area contributed by atoms with E-state index in [2.05, 4.69) is 72.0 Å². The molecule has 5 aromatic rings. The van der Waals surface area contributed by atoms with Crippen LogP contribution in [0.1, 0.15) is 24.8 Å². The number of nitrogens with one attached hydrogen (secondary N) is 1. The first kappa shape index (κ1) is 18.1. The highest BCUT2D eigenvalue weighted by atomic mass is 16.3. The molecule has 0 amide bonds. The lowest BCUT2D eigenvalue weighted by atomic mass is 9.88. The Kier molecular flexibility index (Phi) is 4.17. The highest BCUT2D eigenvalue weighted by molar-refractivity contribution is 6.33. The molecule has 1 saturated carbocycles. The second kappa shape index (κ2) is 6.92. The van der Waals surface area contributed by atoms with Crippen molar-refractivity contribution in [2.75, 3.05) is 0 Å². The van der Waals surface area contributed by atoms with Gasteiger partial charge in [-0.1, -0.05) is 66.7 Å². The van der Waals surface area contributed by atoms with Gasteiger partial charge in [0.05, 0.1) is 18.2 Å². The van der Waals surface area contributed by atoms with E-state index in [1.807, 2.05) is 0 Å². The predicted octanol–water partition coefficient (Wildman–Crippen LogP) is 5.10. The summed E-state index contributed by atoms with van der Waals surface area (Å²) in [5.74, 6) is 0. The molecule has 1 unspecified atom stereocenters. The van der Waals surface area contributed by atoms with Crippen molar-refractivity contribution in [1.82, 2.24) is 5.32 Å². The maximum Gasteiger partial charge on any atom is 0.0718 e. The first-order chi connectivity index (χ1) is 14.7. The smallest absolute Gasteiger partial charge is 0.0718 e. The van der Waals surface area contributed by atoms with Crippen LogP contribution in [0.15, 0.2) is 66.7 Å². The molecule has 150 valence electrons. The molecule has 0 bridgehead atoms. The van der Waals surface area contributed by atoms with E-state index in [1.54, 1.807) is 0 Å². The second-order valence-electron chi connectivity index (χ2n) is 8.68. The van der Waals surface area contributed by atoms with Gasteiger partial charge in [0.1, 0.15) is 0 Å². The van der Waals surface area contributed by atoms with Gasteiger partial charge in [0.2, 0.25) is 0 Å². The average molecular weight is 396 g/mol. The highest BCUT2D eigenvalue weighted by Gasteiger charge is 2.30. The van der Waals surface area contributed by atoms with Gasteiger partial charge in [0, 0.05) is 6.54 Å². The van der Waals surface area contributed by atoms with Crippen molar-refractivity contribution < 1.29 is 10.2 Å². The van der Waals surface area contributed by atoms with Gasteiger partial charge in [-0.25, -0.2) is 0 Å². The maximum absolute atomic E-state index is 10.3. The monoisotopic (exact) mass is 395 g/mol. The maximum atomic E-state index is 10.3. The molecule has 1 aliphatic rings. The molecule has 0 aliphatic heterocycles. The molecule has 1 fully saturated rings. The summed E-state index contributed by atoms with van der Waals surface area (Å²) in [6.07, 6.45) is 1.40. The van der Waals surface area contributed by atoms with Crippen LogP contribution in [0.5, 0.6) is 0 Å². The third kappa shape index (κ3) is 2.63. The quantitative estimate of drug-likeness (QED) is 0.294.